The second-order valence-corrected chi connectivity index (χ2v) is 7.89. The number of methoxy groups -OCH3 is 3. The number of amides is 1. The lowest BCUT2D eigenvalue weighted by Gasteiger charge is -2.17. The molecule has 1 saturated heterocycles. The molecule has 0 bridgehead atoms. The Morgan fingerprint density at radius 3 is 2.62 bits per heavy atom. The van der Waals surface area contributed by atoms with E-state index in [2.05, 4.69) is 10.2 Å². The van der Waals surface area contributed by atoms with Crippen LogP contribution < -0.4 is 9.47 Å². The number of nitrogens with one attached hydrogen (secondary N) is 1. The molecule has 0 saturated carbocycles. The van der Waals surface area contributed by atoms with Gasteiger partial charge < -0.3 is 19.1 Å². The molecular formula is C24H28N4O4. The number of nitrogens with zero attached hydrogens (tertiary/aromatic N) is 3. The molecule has 32 heavy (non-hydrogen) atoms. The minimum absolute atomic E-state index is 0.0241. The molecular weight excluding hydrogens is 408 g/mol. The average Bonchev–Trinajstić information content (AvgIpc) is 3.47. The number of hydrogen-bond donors (Lipinski definition) is 1. The molecule has 168 valence electrons. The second-order valence-electron chi connectivity index (χ2n) is 7.89. The van der Waals surface area contributed by atoms with E-state index in [4.69, 9.17) is 19.2 Å². The maximum Gasteiger partial charge on any atom is 0.227 e. The maximum atomic E-state index is 13.2. The van der Waals surface area contributed by atoms with Crippen molar-refractivity contribution < 1.29 is 19.0 Å². The van der Waals surface area contributed by atoms with Crippen LogP contribution in [0.5, 0.6) is 11.5 Å². The molecule has 8 nitrogen and oxygen atoms in total. The average molecular weight is 437 g/mol. The minimum atomic E-state index is 0.0241. The van der Waals surface area contributed by atoms with E-state index in [1.54, 1.807) is 21.3 Å². The van der Waals surface area contributed by atoms with Gasteiger partial charge in [0.25, 0.3) is 0 Å². The third-order valence-corrected chi connectivity index (χ3v) is 5.89. The lowest BCUT2D eigenvalue weighted by Crippen LogP contribution is -2.30. The van der Waals surface area contributed by atoms with E-state index in [-0.39, 0.29) is 24.2 Å². The van der Waals surface area contributed by atoms with Crippen LogP contribution in [-0.2, 0) is 16.0 Å². The van der Waals surface area contributed by atoms with Crippen LogP contribution in [-0.4, -0.2) is 67.0 Å². The zero-order valence-electron chi connectivity index (χ0n) is 18.6. The number of H-pyrrole nitrogens is 1. The molecule has 1 aliphatic heterocycles. The van der Waals surface area contributed by atoms with E-state index in [1.807, 2.05) is 53.4 Å². The van der Waals surface area contributed by atoms with Gasteiger partial charge in [-0.05, 0) is 18.2 Å². The molecule has 1 N–H and O–H groups in total. The van der Waals surface area contributed by atoms with Crippen molar-refractivity contribution in [3.8, 4) is 22.9 Å². The van der Waals surface area contributed by atoms with E-state index in [0.29, 0.717) is 37.0 Å². The van der Waals surface area contributed by atoms with Crippen LogP contribution in [0.25, 0.3) is 11.4 Å². The first-order chi connectivity index (χ1) is 15.6. The van der Waals surface area contributed by atoms with Crippen molar-refractivity contribution in [2.45, 2.75) is 12.3 Å². The van der Waals surface area contributed by atoms with Crippen molar-refractivity contribution in [2.75, 3.05) is 41.0 Å². The third-order valence-electron chi connectivity index (χ3n) is 5.89. The van der Waals surface area contributed by atoms with Crippen LogP contribution in [0.2, 0.25) is 0 Å². The van der Waals surface area contributed by atoms with Crippen LogP contribution in [0.3, 0.4) is 0 Å². The molecule has 3 aromatic rings. The van der Waals surface area contributed by atoms with Crippen molar-refractivity contribution >= 4 is 5.91 Å². The Labute approximate surface area is 187 Å². The first-order valence-electron chi connectivity index (χ1n) is 10.6. The molecule has 2 atom stereocenters. The zero-order chi connectivity index (χ0) is 22.5. The number of carbonyl (C=O) groups is 1. The fraction of sp³-hybridized carbons (Fsp3) is 0.375. The third kappa shape index (κ3) is 4.60. The number of benzene rings is 2. The lowest BCUT2D eigenvalue weighted by atomic mass is 9.96. The predicted octanol–water partition coefficient (Wildman–Crippen LogP) is 2.92. The molecule has 0 spiro atoms. The van der Waals surface area contributed by atoms with E-state index >= 15 is 0 Å². The van der Waals surface area contributed by atoms with Gasteiger partial charge in [0, 0.05) is 43.2 Å². The number of aromatic nitrogens is 3. The fourth-order valence-electron chi connectivity index (χ4n) is 4.22. The highest BCUT2D eigenvalue weighted by Crippen LogP contribution is 2.33. The highest BCUT2D eigenvalue weighted by molar-refractivity contribution is 5.80. The quantitative estimate of drug-likeness (QED) is 0.584. The van der Waals surface area contributed by atoms with Crippen LogP contribution in [0.15, 0.2) is 48.5 Å². The van der Waals surface area contributed by atoms with Crippen LogP contribution in [0.1, 0.15) is 17.3 Å². The topological polar surface area (TPSA) is 89.6 Å². The Kier molecular flexibility index (Phi) is 6.70. The molecule has 1 fully saturated rings. The smallest absolute Gasteiger partial charge is 0.227 e. The Bertz CT molecular complexity index is 1050. The van der Waals surface area contributed by atoms with Gasteiger partial charge in [0.15, 0.2) is 5.82 Å². The zero-order valence-corrected chi connectivity index (χ0v) is 18.6. The summed E-state index contributed by atoms with van der Waals surface area (Å²) in [6.07, 6.45) is 0.235. The standard InChI is InChI=1S/C24H28N4O4/c1-30-15-18-13-28(22(29)12-17-11-19(31-2)9-10-21(17)32-3)14-20(18)24-25-23(26-27-24)16-7-5-4-6-8-16/h4-11,18,20H,12-15H2,1-3H3,(H,25,26,27)/t18-,20+/m0/s1. The molecule has 1 aliphatic rings. The van der Waals surface area contributed by atoms with Gasteiger partial charge in [-0.15, -0.1) is 0 Å². The normalized spacial score (nSPS) is 18.0. The van der Waals surface area contributed by atoms with E-state index in [0.717, 1.165) is 17.0 Å². The molecule has 8 heteroatoms. The molecule has 0 radical (unpaired) electrons. The molecule has 1 amide bonds. The van der Waals surface area contributed by atoms with Crippen molar-refractivity contribution in [1.82, 2.24) is 20.1 Å². The van der Waals surface area contributed by atoms with Crippen molar-refractivity contribution in [3.05, 3.63) is 59.9 Å². The first kappa shape index (κ1) is 21.8. The van der Waals surface area contributed by atoms with Crippen LogP contribution in [0.4, 0.5) is 0 Å². The number of likely N-dealkylation sites (tertiary alicyclic amines) is 1. The monoisotopic (exact) mass is 436 g/mol. The summed E-state index contributed by atoms with van der Waals surface area (Å²) in [6.45, 7) is 1.70. The number of carbonyl (C=O) groups excluding carboxylic acids is 1. The highest BCUT2D eigenvalue weighted by atomic mass is 16.5. The van der Waals surface area contributed by atoms with Gasteiger partial charge in [-0.2, -0.15) is 5.10 Å². The summed E-state index contributed by atoms with van der Waals surface area (Å²) in [5.41, 5.74) is 1.75. The van der Waals surface area contributed by atoms with Gasteiger partial charge in [-0.3, -0.25) is 9.89 Å². The van der Waals surface area contributed by atoms with Gasteiger partial charge in [-0.25, -0.2) is 4.98 Å². The summed E-state index contributed by atoms with van der Waals surface area (Å²) in [4.78, 5) is 19.8. The first-order valence-corrected chi connectivity index (χ1v) is 10.6. The van der Waals surface area contributed by atoms with Crippen molar-refractivity contribution in [1.29, 1.82) is 0 Å². The minimum Gasteiger partial charge on any atom is -0.497 e. The van der Waals surface area contributed by atoms with Gasteiger partial charge in [-0.1, -0.05) is 30.3 Å². The van der Waals surface area contributed by atoms with Crippen LogP contribution >= 0.6 is 0 Å². The summed E-state index contributed by atoms with van der Waals surface area (Å²) < 4.78 is 16.2. The Hall–Kier alpha value is -3.39. The SMILES string of the molecule is COC[C@@H]1CN(C(=O)Cc2cc(OC)ccc2OC)C[C@H]1c1nc(-c2ccccc2)n[nH]1. The largest absolute Gasteiger partial charge is 0.497 e. The number of rotatable bonds is 8. The van der Waals surface area contributed by atoms with E-state index < -0.39 is 0 Å². The van der Waals surface area contributed by atoms with Gasteiger partial charge >= 0.3 is 0 Å². The van der Waals surface area contributed by atoms with E-state index in [9.17, 15) is 4.79 Å². The van der Waals surface area contributed by atoms with Gasteiger partial charge in [0.05, 0.1) is 27.2 Å². The fourth-order valence-corrected chi connectivity index (χ4v) is 4.22. The molecule has 2 aromatic carbocycles. The second kappa shape index (κ2) is 9.82. The number of ether oxygens (including phenoxy) is 3. The van der Waals surface area contributed by atoms with Gasteiger partial charge in [0.2, 0.25) is 5.91 Å². The summed E-state index contributed by atoms with van der Waals surface area (Å²) in [7, 11) is 4.89. The van der Waals surface area contributed by atoms with Crippen molar-refractivity contribution in [2.24, 2.45) is 5.92 Å². The highest BCUT2D eigenvalue weighted by Gasteiger charge is 2.38. The molecule has 0 aliphatic carbocycles. The molecule has 2 heterocycles. The van der Waals surface area contributed by atoms with E-state index in [1.165, 1.54) is 0 Å². The molecule has 0 unspecified atom stereocenters. The Balaban J connectivity index is 1.51. The summed E-state index contributed by atoms with van der Waals surface area (Å²) in [5.74, 6) is 2.99. The lowest BCUT2D eigenvalue weighted by molar-refractivity contribution is -0.129. The number of aromatic amines is 1. The molecule has 4 rings (SSSR count). The molecule has 1 aromatic heterocycles. The summed E-state index contributed by atoms with van der Waals surface area (Å²) >= 11 is 0. The number of hydrogen-bond acceptors (Lipinski definition) is 6. The Morgan fingerprint density at radius 2 is 1.91 bits per heavy atom. The Morgan fingerprint density at radius 1 is 1.09 bits per heavy atom. The maximum absolute atomic E-state index is 13.2. The predicted molar refractivity (Wildman–Crippen MR) is 120 cm³/mol. The summed E-state index contributed by atoms with van der Waals surface area (Å²) in [5, 5.41) is 7.48. The van der Waals surface area contributed by atoms with Crippen molar-refractivity contribution in [3.63, 3.8) is 0 Å². The van der Waals surface area contributed by atoms with Gasteiger partial charge in [0.1, 0.15) is 17.3 Å². The van der Waals surface area contributed by atoms with Crippen LogP contribution in [0, 0.1) is 5.92 Å². The summed E-state index contributed by atoms with van der Waals surface area (Å²) in [6, 6.07) is 15.3.